The van der Waals surface area contributed by atoms with Gasteiger partial charge in [-0.2, -0.15) is 0 Å². The number of unbranched alkanes of at least 4 members (excludes halogenated alkanes) is 1. The molecule has 0 amide bonds. The van der Waals surface area contributed by atoms with Crippen molar-refractivity contribution in [2.75, 3.05) is 0 Å². The average molecular weight is 191 g/mol. The molecule has 0 saturated heterocycles. The van der Waals surface area contributed by atoms with Crippen molar-refractivity contribution in [1.29, 1.82) is 0 Å². The summed E-state index contributed by atoms with van der Waals surface area (Å²) in [6.07, 6.45) is 5.58. The van der Waals surface area contributed by atoms with Crippen LogP contribution in [0.5, 0.6) is 0 Å². The van der Waals surface area contributed by atoms with E-state index < -0.39 is 0 Å². The van der Waals surface area contributed by atoms with E-state index in [9.17, 15) is 0 Å². The van der Waals surface area contributed by atoms with Gasteiger partial charge in [-0.15, -0.1) is 11.3 Å². The Balaban J connectivity index is 2.26. The zero-order valence-corrected chi connectivity index (χ0v) is 8.60. The van der Waals surface area contributed by atoms with Crippen LogP contribution in [0, 0.1) is 0 Å². The molecule has 0 aromatic carbocycles. The number of rotatable bonds is 3. The molecule has 0 unspecified atom stereocenters. The molecule has 0 spiro atoms. The van der Waals surface area contributed by atoms with Crippen LogP contribution >= 0.6 is 11.3 Å². The summed E-state index contributed by atoms with van der Waals surface area (Å²) in [5, 5.41) is 3.39. The summed E-state index contributed by atoms with van der Waals surface area (Å²) in [7, 11) is 0. The summed E-state index contributed by atoms with van der Waals surface area (Å²) >= 11 is 1.79. The third-order valence-electron chi connectivity index (χ3n) is 2.18. The van der Waals surface area contributed by atoms with Crippen LogP contribution < -0.4 is 0 Å². The summed E-state index contributed by atoms with van der Waals surface area (Å²) in [4.78, 5) is 4.42. The molecule has 0 aliphatic rings. The highest BCUT2D eigenvalue weighted by molar-refractivity contribution is 7.17. The van der Waals surface area contributed by atoms with Gasteiger partial charge >= 0.3 is 0 Å². The largest absolute Gasteiger partial charge is 0.261 e. The van der Waals surface area contributed by atoms with Gasteiger partial charge in [0, 0.05) is 22.0 Å². The smallest absolute Gasteiger partial charge is 0.0418 e. The van der Waals surface area contributed by atoms with Crippen LogP contribution in [-0.4, -0.2) is 4.98 Å². The van der Waals surface area contributed by atoms with Crippen molar-refractivity contribution in [1.82, 2.24) is 4.98 Å². The maximum atomic E-state index is 4.42. The fourth-order valence-corrected chi connectivity index (χ4v) is 2.21. The zero-order chi connectivity index (χ0) is 9.10. The Hall–Kier alpha value is -0.890. The molecule has 2 heteroatoms. The molecule has 2 rings (SSSR count). The van der Waals surface area contributed by atoms with Crippen molar-refractivity contribution in [2.24, 2.45) is 0 Å². The molecule has 1 nitrogen and oxygen atoms in total. The van der Waals surface area contributed by atoms with Crippen LogP contribution in [0.15, 0.2) is 23.7 Å². The topological polar surface area (TPSA) is 12.9 Å². The number of hydrogen-bond acceptors (Lipinski definition) is 2. The molecule has 13 heavy (non-hydrogen) atoms. The van der Waals surface area contributed by atoms with Crippen LogP contribution in [-0.2, 0) is 6.42 Å². The summed E-state index contributed by atoms with van der Waals surface area (Å²) in [5.41, 5.74) is 1.23. The molecule has 0 N–H and O–H groups in total. The van der Waals surface area contributed by atoms with Crippen LogP contribution in [0.2, 0.25) is 0 Å². The lowest BCUT2D eigenvalue weighted by Crippen LogP contribution is -1.87. The van der Waals surface area contributed by atoms with E-state index in [1.165, 1.54) is 28.6 Å². The predicted octanol–water partition coefficient (Wildman–Crippen LogP) is 3.64. The number of nitrogens with zero attached hydrogens (tertiary/aromatic N) is 1. The van der Waals surface area contributed by atoms with E-state index in [2.05, 4.69) is 29.4 Å². The van der Waals surface area contributed by atoms with E-state index >= 15 is 0 Å². The molecule has 68 valence electrons. The normalized spacial score (nSPS) is 10.8. The molecule has 2 aromatic heterocycles. The maximum Gasteiger partial charge on any atom is 0.0418 e. The van der Waals surface area contributed by atoms with Crippen molar-refractivity contribution in [3.05, 3.63) is 29.4 Å². The van der Waals surface area contributed by atoms with E-state index in [-0.39, 0.29) is 0 Å². The summed E-state index contributed by atoms with van der Waals surface area (Å²) in [6, 6.07) is 4.34. The first kappa shape index (κ1) is 8.70. The molecule has 2 aromatic rings. The van der Waals surface area contributed by atoms with Crippen LogP contribution in [0.25, 0.3) is 10.1 Å². The quantitative estimate of drug-likeness (QED) is 0.721. The third kappa shape index (κ3) is 1.89. The van der Waals surface area contributed by atoms with Gasteiger partial charge in [0.2, 0.25) is 0 Å². The van der Waals surface area contributed by atoms with Gasteiger partial charge in [-0.3, -0.25) is 4.98 Å². The molecular weight excluding hydrogens is 178 g/mol. The summed E-state index contributed by atoms with van der Waals surface area (Å²) < 4.78 is 1.36. The van der Waals surface area contributed by atoms with E-state index in [0.29, 0.717) is 0 Å². The number of aromatic nitrogens is 1. The van der Waals surface area contributed by atoms with Crippen molar-refractivity contribution >= 4 is 21.4 Å². The highest BCUT2D eigenvalue weighted by Gasteiger charge is 1.98. The number of fused-ring (bicyclic) bond motifs is 1. The SMILES string of the molecule is CCCCc1cc2sccc2cn1. The van der Waals surface area contributed by atoms with Gasteiger partial charge in [-0.1, -0.05) is 13.3 Å². The number of thiophene rings is 1. The Morgan fingerprint density at radius 2 is 2.38 bits per heavy atom. The standard InChI is InChI=1S/C11H13NS/c1-2-3-4-10-7-11-9(8-12-10)5-6-13-11/h5-8H,2-4H2,1H3. The monoisotopic (exact) mass is 191 g/mol. The van der Waals surface area contributed by atoms with Crippen LogP contribution in [0.4, 0.5) is 0 Å². The lowest BCUT2D eigenvalue weighted by molar-refractivity contribution is 0.778. The Morgan fingerprint density at radius 3 is 3.23 bits per heavy atom. The van der Waals surface area contributed by atoms with Crippen LogP contribution in [0.1, 0.15) is 25.5 Å². The Morgan fingerprint density at radius 1 is 1.46 bits per heavy atom. The van der Waals surface area contributed by atoms with Gasteiger partial charge in [0.05, 0.1) is 0 Å². The lowest BCUT2D eigenvalue weighted by atomic mass is 10.2. The van der Waals surface area contributed by atoms with Crippen molar-refractivity contribution < 1.29 is 0 Å². The molecule has 0 fully saturated rings. The van der Waals surface area contributed by atoms with E-state index in [1.807, 2.05) is 6.20 Å². The molecular formula is C11H13NS. The summed E-state index contributed by atoms with van der Waals surface area (Å²) in [5.74, 6) is 0. The number of pyridine rings is 1. The molecule has 0 radical (unpaired) electrons. The van der Waals surface area contributed by atoms with E-state index in [4.69, 9.17) is 0 Å². The fraction of sp³-hybridized carbons (Fsp3) is 0.364. The minimum absolute atomic E-state index is 1.12. The predicted molar refractivity (Wildman–Crippen MR) is 58.2 cm³/mol. The second-order valence-corrected chi connectivity index (χ2v) is 4.19. The highest BCUT2D eigenvalue weighted by Crippen LogP contribution is 2.20. The second-order valence-electron chi connectivity index (χ2n) is 3.24. The Kier molecular flexibility index (Phi) is 2.60. The average Bonchev–Trinajstić information content (AvgIpc) is 2.61. The minimum Gasteiger partial charge on any atom is -0.261 e. The first-order valence-electron chi connectivity index (χ1n) is 4.72. The van der Waals surface area contributed by atoms with Gasteiger partial charge < -0.3 is 0 Å². The van der Waals surface area contributed by atoms with Gasteiger partial charge in [-0.25, -0.2) is 0 Å². The highest BCUT2D eigenvalue weighted by atomic mass is 32.1. The first-order chi connectivity index (χ1) is 6.40. The van der Waals surface area contributed by atoms with Gasteiger partial charge in [0.25, 0.3) is 0 Å². The van der Waals surface area contributed by atoms with Crippen molar-refractivity contribution in [3.8, 4) is 0 Å². The molecule has 2 heterocycles. The van der Waals surface area contributed by atoms with Crippen molar-refractivity contribution in [2.45, 2.75) is 26.2 Å². The Bertz CT molecular complexity index is 392. The number of hydrogen-bond donors (Lipinski definition) is 0. The maximum absolute atomic E-state index is 4.42. The molecule has 0 atom stereocenters. The van der Waals surface area contributed by atoms with Gasteiger partial charge in [0.1, 0.15) is 0 Å². The van der Waals surface area contributed by atoms with Gasteiger partial charge in [0.15, 0.2) is 0 Å². The third-order valence-corrected chi connectivity index (χ3v) is 3.06. The van der Waals surface area contributed by atoms with E-state index in [1.54, 1.807) is 11.3 Å². The van der Waals surface area contributed by atoms with Gasteiger partial charge in [-0.05, 0) is 30.4 Å². The first-order valence-corrected chi connectivity index (χ1v) is 5.60. The lowest BCUT2D eigenvalue weighted by Gasteiger charge is -1.98. The Labute approximate surface area is 82.4 Å². The number of aryl methyl sites for hydroxylation is 1. The second kappa shape index (κ2) is 3.88. The molecule has 0 saturated carbocycles. The fourth-order valence-electron chi connectivity index (χ4n) is 1.39. The molecule has 0 aliphatic carbocycles. The van der Waals surface area contributed by atoms with E-state index in [0.717, 1.165) is 6.42 Å². The minimum atomic E-state index is 1.12. The summed E-state index contributed by atoms with van der Waals surface area (Å²) in [6.45, 7) is 2.21. The molecule has 0 bridgehead atoms. The van der Waals surface area contributed by atoms with Crippen LogP contribution in [0.3, 0.4) is 0 Å². The molecule has 0 aliphatic heterocycles. The van der Waals surface area contributed by atoms with Crippen molar-refractivity contribution in [3.63, 3.8) is 0 Å². The zero-order valence-electron chi connectivity index (χ0n) is 7.79.